The molecule has 4 aromatic heterocycles. The van der Waals surface area contributed by atoms with Crippen molar-refractivity contribution in [1.82, 2.24) is 39.0 Å². The second-order valence-electron chi connectivity index (χ2n) is 13.7. The lowest BCUT2D eigenvalue weighted by Gasteiger charge is -2.32. The highest BCUT2D eigenvalue weighted by Gasteiger charge is 2.29. The highest BCUT2D eigenvalue weighted by molar-refractivity contribution is 7.98. The molecular formula is C41H44N8O5S2. The van der Waals surface area contributed by atoms with Crippen molar-refractivity contribution in [1.29, 1.82) is 0 Å². The van der Waals surface area contributed by atoms with Crippen LogP contribution in [0.25, 0.3) is 11.3 Å². The molecule has 2 atom stereocenters. The van der Waals surface area contributed by atoms with Gasteiger partial charge in [0.1, 0.15) is 23.3 Å². The number of rotatable bonds is 9. The number of fused-ring (bicyclic) bond motifs is 2. The average Bonchev–Trinajstić information content (AvgIpc) is 3.92. The SMILES string of the molecule is CSc1cc(C2CCCN(C(=O)OCc3ccccc3)C2)nc2c(C=O)cnn12.CSc1cc(C2CCCN(C(=O)OCc3ccccc3)C2)nc2ccnn12. The molecule has 0 saturated carbocycles. The summed E-state index contributed by atoms with van der Waals surface area (Å²) >= 11 is 3.20. The van der Waals surface area contributed by atoms with Crippen molar-refractivity contribution in [2.75, 3.05) is 38.7 Å². The number of aromatic nitrogens is 6. The number of thioether (sulfide) groups is 2. The molecule has 8 rings (SSSR count). The van der Waals surface area contributed by atoms with E-state index in [1.54, 1.807) is 44.0 Å². The molecule has 0 aliphatic carbocycles. The number of hydrogen-bond acceptors (Lipinski definition) is 11. The molecule has 2 amide bonds. The number of hydrogen-bond donors (Lipinski definition) is 0. The summed E-state index contributed by atoms with van der Waals surface area (Å²) in [5.41, 5.74) is 5.74. The molecule has 13 nitrogen and oxygen atoms in total. The van der Waals surface area contributed by atoms with Gasteiger partial charge in [0, 0.05) is 44.1 Å². The van der Waals surface area contributed by atoms with Crippen molar-refractivity contribution >= 4 is 53.3 Å². The van der Waals surface area contributed by atoms with Gasteiger partial charge in [-0.1, -0.05) is 60.7 Å². The molecule has 0 bridgehead atoms. The first-order valence-electron chi connectivity index (χ1n) is 18.6. The smallest absolute Gasteiger partial charge is 0.410 e. The fourth-order valence-corrected chi connectivity index (χ4v) is 8.15. The van der Waals surface area contributed by atoms with Crippen LogP contribution in [0.2, 0.25) is 0 Å². The van der Waals surface area contributed by atoms with Crippen molar-refractivity contribution in [3.05, 3.63) is 119 Å². The molecule has 56 heavy (non-hydrogen) atoms. The minimum Gasteiger partial charge on any atom is -0.445 e. The Bertz CT molecular complexity index is 2270. The molecule has 6 aromatic rings. The number of piperidine rings is 2. The van der Waals surface area contributed by atoms with Crippen molar-refractivity contribution in [2.24, 2.45) is 0 Å². The normalized spacial score (nSPS) is 17.0. The van der Waals surface area contributed by atoms with Gasteiger partial charge < -0.3 is 19.3 Å². The van der Waals surface area contributed by atoms with Crippen LogP contribution >= 0.6 is 23.5 Å². The summed E-state index contributed by atoms with van der Waals surface area (Å²) < 4.78 is 14.5. The molecule has 6 heterocycles. The topological polar surface area (TPSA) is 137 Å². The number of ether oxygens (including phenoxy) is 2. The molecule has 2 aliphatic heterocycles. The molecule has 0 N–H and O–H groups in total. The Hall–Kier alpha value is -5.41. The van der Waals surface area contributed by atoms with Gasteiger partial charge in [-0.3, -0.25) is 4.79 Å². The van der Waals surface area contributed by atoms with Crippen LogP contribution in [-0.2, 0) is 22.7 Å². The monoisotopic (exact) mass is 792 g/mol. The number of nitrogens with zero attached hydrogens (tertiary/aromatic N) is 8. The molecule has 2 fully saturated rings. The summed E-state index contributed by atoms with van der Waals surface area (Å²) in [5, 5.41) is 10.6. The van der Waals surface area contributed by atoms with E-state index < -0.39 is 0 Å². The maximum atomic E-state index is 12.6. The van der Waals surface area contributed by atoms with Gasteiger partial charge in [-0.05, 0) is 61.5 Å². The van der Waals surface area contributed by atoms with Gasteiger partial charge in [-0.25, -0.2) is 28.6 Å². The van der Waals surface area contributed by atoms with E-state index >= 15 is 0 Å². The number of likely N-dealkylation sites (tertiary alicyclic amines) is 2. The van der Waals surface area contributed by atoms with E-state index in [2.05, 4.69) is 16.3 Å². The molecule has 0 spiro atoms. The van der Waals surface area contributed by atoms with Gasteiger partial charge in [0.05, 0.1) is 29.3 Å². The highest BCUT2D eigenvalue weighted by atomic mass is 32.2. The van der Waals surface area contributed by atoms with Crippen LogP contribution in [0.5, 0.6) is 0 Å². The van der Waals surface area contributed by atoms with Gasteiger partial charge in [0.2, 0.25) is 0 Å². The number of benzene rings is 2. The Labute approximate surface area is 333 Å². The molecule has 2 unspecified atom stereocenters. The Morgan fingerprint density at radius 1 is 0.732 bits per heavy atom. The second-order valence-corrected chi connectivity index (χ2v) is 15.3. The summed E-state index contributed by atoms with van der Waals surface area (Å²) in [6, 6.07) is 25.4. The molecular weight excluding hydrogens is 749 g/mol. The quantitative estimate of drug-likeness (QED) is 0.0808. The predicted molar refractivity (Wildman–Crippen MR) is 215 cm³/mol. The van der Waals surface area contributed by atoms with Crippen LogP contribution in [0.3, 0.4) is 0 Å². The van der Waals surface area contributed by atoms with Crippen LogP contribution < -0.4 is 0 Å². The summed E-state index contributed by atoms with van der Waals surface area (Å²) in [5.74, 6) is 0.312. The lowest BCUT2D eigenvalue weighted by atomic mass is 9.95. The first-order valence-corrected chi connectivity index (χ1v) is 21.1. The maximum absolute atomic E-state index is 12.6. The third-order valence-corrected chi connectivity index (χ3v) is 11.4. The van der Waals surface area contributed by atoms with Crippen molar-refractivity contribution < 1.29 is 23.9 Å². The summed E-state index contributed by atoms with van der Waals surface area (Å²) in [4.78, 5) is 49.4. The van der Waals surface area contributed by atoms with Crippen LogP contribution in [0.15, 0.2) is 101 Å². The predicted octanol–water partition coefficient (Wildman–Crippen LogP) is 7.75. The minimum atomic E-state index is -0.303. The lowest BCUT2D eigenvalue weighted by Crippen LogP contribution is -2.39. The zero-order valence-corrected chi connectivity index (χ0v) is 33.0. The minimum absolute atomic E-state index is 0.0957. The molecule has 2 aromatic carbocycles. The first kappa shape index (κ1) is 38.8. The summed E-state index contributed by atoms with van der Waals surface area (Å²) in [7, 11) is 0. The average molecular weight is 793 g/mol. The Morgan fingerprint density at radius 3 is 1.80 bits per heavy atom. The van der Waals surface area contributed by atoms with E-state index in [0.717, 1.165) is 76.7 Å². The third kappa shape index (κ3) is 9.16. The third-order valence-electron chi connectivity index (χ3n) is 9.98. The Kier molecular flexibility index (Phi) is 12.8. The number of amides is 2. The molecule has 290 valence electrons. The van der Waals surface area contributed by atoms with Gasteiger partial charge in [-0.2, -0.15) is 10.2 Å². The summed E-state index contributed by atoms with van der Waals surface area (Å²) in [6.45, 7) is 3.16. The number of carbonyl (C=O) groups excluding carboxylic acids is 3. The van der Waals surface area contributed by atoms with E-state index in [1.807, 2.05) is 89.8 Å². The zero-order chi connectivity index (χ0) is 38.9. The number of aldehydes is 1. The Balaban J connectivity index is 0.000000172. The lowest BCUT2D eigenvalue weighted by molar-refractivity contribution is 0.0850. The Morgan fingerprint density at radius 2 is 1.27 bits per heavy atom. The zero-order valence-electron chi connectivity index (χ0n) is 31.4. The first-order chi connectivity index (χ1) is 27.4. The van der Waals surface area contributed by atoms with E-state index in [0.29, 0.717) is 37.5 Å². The molecule has 15 heteroatoms. The van der Waals surface area contributed by atoms with E-state index in [1.165, 1.54) is 6.20 Å². The van der Waals surface area contributed by atoms with Gasteiger partial charge >= 0.3 is 12.2 Å². The molecule has 0 radical (unpaired) electrons. The van der Waals surface area contributed by atoms with Gasteiger partial charge in [-0.15, -0.1) is 23.5 Å². The van der Waals surface area contributed by atoms with Gasteiger partial charge in [0.25, 0.3) is 0 Å². The molecule has 2 aliphatic rings. The fourth-order valence-electron chi connectivity index (χ4n) is 7.06. The molecule has 2 saturated heterocycles. The number of carbonyl (C=O) groups is 3. The van der Waals surface area contributed by atoms with E-state index in [-0.39, 0.29) is 30.6 Å². The van der Waals surface area contributed by atoms with Crippen molar-refractivity contribution in [3.63, 3.8) is 0 Å². The van der Waals surface area contributed by atoms with Crippen molar-refractivity contribution in [3.8, 4) is 0 Å². The largest absolute Gasteiger partial charge is 0.445 e. The van der Waals surface area contributed by atoms with E-state index in [4.69, 9.17) is 19.4 Å². The van der Waals surface area contributed by atoms with E-state index in [9.17, 15) is 14.4 Å². The van der Waals surface area contributed by atoms with Crippen molar-refractivity contribution in [2.45, 2.75) is 60.8 Å². The van der Waals surface area contributed by atoms with Crippen LogP contribution in [0.4, 0.5) is 9.59 Å². The van der Waals surface area contributed by atoms with Gasteiger partial charge in [0.15, 0.2) is 17.6 Å². The fraction of sp³-hybridized carbons (Fsp3) is 0.341. The summed E-state index contributed by atoms with van der Waals surface area (Å²) in [6.07, 6.45) is 11.3. The van der Waals surface area contributed by atoms with Crippen LogP contribution in [0.1, 0.15) is 70.4 Å². The second kappa shape index (κ2) is 18.5. The standard InChI is InChI=1S/C21H22N4O3S.C20H22N4O2S/c1-29-19-10-18(23-20-17(13-26)11-22-25(19)20)16-8-5-9-24(12-16)21(27)28-14-15-6-3-2-4-7-15;1-27-19-12-17(22-18-9-10-21-24(18)19)16-8-5-11-23(13-16)20(25)26-14-15-6-3-2-4-7-15/h2-4,6-7,10-11,13,16H,5,8-9,12,14H2,1H3;2-4,6-7,9-10,12,16H,5,8,11,13-14H2,1H3. The highest BCUT2D eigenvalue weighted by Crippen LogP contribution is 2.31. The maximum Gasteiger partial charge on any atom is 0.410 e. The van der Waals surface area contributed by atoms with Crippen LogP contribution in [-0.4, -0.2) is 96.2 Å². The van der Waals surface area contributed by atoms with Crippen LogP contribution in [0, 0.1) is 0 Å².